The van der Waals surface area contributed by atoms with Gasteiger partial charge in [0.05, 0.1) is 17.5 Å². The molecule has 2 aromatic rings. The maximum Gasteiger partial charge on any atom is 0.407 e. The zero-order valence-electron chi connectivity index (χ0n) is 15.4. The first-order chi connectivity index (χ1) is 13.3. The Bertz CT molecular complexity index is 1060. The Morgan fingerprint density at radius 3 is 2.82 bits per heavy atom. The van der Waals surface area contributed by atoms with Gasteiger partial charge in [0.15, 0.2) is 15.7 Å². The van der Waals surface area contributed by atoms with E-state index in [2.05, 4.69) is 9.97 Å². The van der Waals surface area contributed by atoms with Gasteiger partial charge in [0.1, 0.15) is 4.90 Å². The van der Waals surface area contributed by atoms with E-state index in [0.717, 1.165) is 11.1 Å². The summed E-state index contributed by atoms with van der Waals surface area (Å²) < 4.78 is 26.2. The summed E-state index contributed by atoms with van der Waals surface area (Å²) in [4.78, 5) is 22.9. The Kier molecular flexibility index (Phi) is 4.37. The summed E-state index contributed by atoms with van der Waals surface area (Å²) in [5.74, 6) is 0.222. The Labute approximate surface area is 162 Å². The van der Waals surface area contributed by atoms with Crippen molar-refractivity contribution in [3.63, 3.8) is 0 Å². The standard InChI is InChI=1S/C18H21N5O4S/c1-22(18(24)25)12-6-8-23(10-12)16-15-14(20-17(19)21-16)13-5-3-2-4-11(13)7-9-28(15,26)27/h2-5,12H,6-10H2,1H3,(H,24,25)(H2,19,20,21)/t12-/m1/s1. The maximum absolute atomic E-state index is 13.1. The van der Waals surface area contributed by atoms with E-state index in [-0.39, 0.29) is 28.5 Å². The van der Waals surface area contributed by atoms with E-state index in [9.17, 15) is 18.3 Å². The molecule has 148 valence electrons. The first kappa shape index (κ1) is 18.5. The third kappa shape index (κ3) is 3.03. The first-order valence-electron chi connectivity index (χ1n) is 8.97. The van der Waals surface area contributed by atoms with Crippen LogP contribution < -0.4 is 10.6 Å². The molecule has 28 heavy (non-hydrogen) atoms. The fourth-order valence-corrected chi connectivity index (χ4v) is 5.46. The Morgan fingerprint density at radius 1 is 1.32 bits per heavy atom. The van der Waals surface area contributed by atoms with Gasteiger partial charge in [-0.1, -0.05) is 24.3 Å². The van der Waals surface area contributed by atoms with Crippen LogP contribution >= 0.6 is 0 Å². The summed E-state index contributed by atoms with van der Waals surface area (Å²) in [6, 6.07) is 7.20. The first-order valence-corrected chi connectivity index (χ1v) is 10.6. The second-order valence-electron chi connectivity index (χ2n) is 7.09. The van der Waals surface area contributed by atoms with Crippen molar-refractivity contribution < 1.29 is 18.3 Å². The predicted octanol–water partition coefficient (Wildman–Crippen LogP) is 1.24. The summed E-state index contributed by atoms with van der Waals surface area (Å²) in [5.41, 5.74) is 7.91. The van der Waals surface area contributed by atoms with Gasteiger partial charge in [-0.05, 0) is 18.4 Å². The smallest absolute Gasteiger partial charge is 0.407 e. The number of benzene rings is 1. The van der Waals surface area contributed by atoms with Gasteiger partial charge < -0.3 is 20.6 Å². The summed E-state index contributed by atoms with van der Waals surface area (Å²) in [7, 11) is -2.13. The number of carbonyl (C=O) groups is 1. The average Bonchev–Trinajstić information content (AvgIpc) is 3.11. The van der Waals surface area contributed by atoms with Gasteiger partial charge in [-0.2, -0.15) is 4.98 Å². The van der Waals surface area contributed by atoms with Crippen LogP contribution in [0.25, 0.3) is 11.3 Å². The molecule has 1 aromatic carbocycles. The zero-order chi connectivity index (χ0) is 20.1. The molecule has 9 nitrogen and oxygen atoms in total. The van der Waals surface area contributed by atoms with Gasteiger partial charge >= 0.3 is 6.09 Å². The molecular formula is C18H21N5O4S. The predicted molar refractivity (Wildman–Crippen MR) is 104 cm³/mol. The van der Waals surface area contributed by atoms with E-state index in [0.29, 0.717) is 31.6 Å². The average molecular weight is 403 g/mol. The SMILES string of the molecule is CN(C(=O)O)[C@@H]1CCN(c2nc(N)nc3c2S(=O)(=O)CCc2ccccc2-3)C1. The van der Waals surface area contributed by atoms with Crippen LogP contribution in [0, 0.1) is 0 Å². The number of aromatic nitrogens is 2. The second kappa shape index (κ2) is 6.62. The summed E-state index contributed by atoms with van der Waals surface area (Å²) >= 11 is 0. The normalized spacial score (nSPS) is 20.2. The molecule has 0 unspecified atom stereocenters. The van der Waals surface area contributed by atoms with Crippen LogP contribution in [-0.4, -0.2) is 66.4 Å². The number of hydrogen-bond donors (Lipinski definition) is 2. The van der Waals surface area contributed by atoms with Crippen LogP contribution in [0.1, 0.15) is 12.0 Å². The topological polar surface area (TPSA) is 130 Å². The second-order valence-corrected chi connectivity index (χ2v) is 9.14. The molecule has 1 atom stereocenters. The molecule has 1 aromatic heterocycles. The fourth-order valence-electron chi connectivity index (χ4n) is 3.86. The monoisotopic (exact) mass is 403 g/mol. The quantitative estimate of drug-likeness (QED) is 0.766. The van der Waals surface area contributed by atoms with Gasteiger partial charge in [0, 0.05) is 25.7 Å². The molecule has 3 heterocycles. The number of anilines is 2. The molecule has 0 bridgehead atoms. The maximum atomic E-state index is 13.1. The molecule has 0 aliphatic carbocycles. The lowest BCUT2D eigenvalue weighted by atomic mass is 10.0. The number of amides is 1. The lowest BCUT2D eigenvalue weighted by molar-refractivity contribution is 0.142. The molecule has 1 fully saturated rings. The van der Waals surface area contributed by atoms with Gasteiger partial charge in [-0.3, -0.25) is 0 Å². The highest BCUT2D eigenvalue weighted by molar-refractivity contribution is 7.91. The van der Waals surface area contributed by atoms with Crippen LogP contribution in [0.3, 0.4) is 0 Å². The molecule has 4 rings (SSSR count). The lowest BCUT2D eigenvalue weighted by Crippen LogP contribution is -2.38. The van der Waals surface area contributed by atoms with Gasteiger partial charge in [-0.25, -0.2) is 18.2 Å². The molecule has 0 spiro atoms. The number of nitrogen functional groups attached to an aromatic ring is 1. The molecule has 1 amide bonds. The number of nitrogens with zero attached hydrogens (tertiary/aromatic N) is 4. The molecule has 2 aliphatic rings. The highest BCUT2D eigenvalue weighted by atomic mass is 32.2. The van der Waals surface area contributed by atoms with Crippen LogP contribution in [0.15, 0.2) is 29.2 Å². The van der Waals surface area contributed by atoms with Gasteiger partial charge in [0.25, 0.3) is 0 Å². The number of fused-ring (bicyclic) bond motifs is 3. The molecule has 2 aliphatic heterocycles. The van der Waals surface area contributed by atoms with Crippen LogP contribution in [-0.2, 0) is 16.3 Å². The molecule has 1 saturated heterocycles. The Hall–Kier alpha value is -2.88. The highest BCUT2D eigenvalue weighted by Gasteiger charge is 2.36. The molecule has 0 saturated carbocycles. The summed E-state index contributed by atoms with van der Waals surface area (Å²) in [5, 5.41) is 9.23. The van der Waals surface area contributed by atoms with Crippen molar-refractivity contribution in [3.05, 3.63) is 29.8 Å². The Balaban J connectivity index is 1.86. The summed E-state index contributed by atoms with van der Waals surface area (Å²) in [6.45, 7) is 0.838. The van der Waals surface area contributed by atoms with E-state index in [1.165, 1.54) is 11.9 Å². The van der Waals surface area contributed by atoms with Crippen LogP contribution in [0.2, 0.25) is 0 Å². The van der Waals surface area contributed by atoms with Crippen LogP contribution in [0.5, 0.6) is 0 Å². The van der Waals surface area contributed by atoms with E-state index >= 15 is 0 Å². The lowest BCUT2D eigenvalue weighted by Gasteiger charge is -2.24. The van der Waals surface area contributed by atoms with Crippen LogP contribution in [0.4, 0.5) is 16.6 Å². The van der Waals surface area contributed by atoms with E-state index in [1.54, 1.807) is 4.90 Å². The van der Waals surface area contributed by atoms with Crippen molar-refractivity contribution >= 4 is 27.7 Å². The third-order valence-electron chi connectivity index (χ3n) is 5.40. The van der Waals surface area contributed by atoms with Crippen molar-refractivity contribution in [2.75, 3.05) is 36.5 Å². The Morgan fingerprint density at radius 2 is 2.07 bits per heavy atom. The number of likely N-dealkylation sites (N-methyl/N-ethyl adjacent to an activating group) is 1. The number of nitrogens with two attached hydrogens (primary N) is 1. The van der Waals surface area contributed by atoms with E-state index < -0.39 is 15.9 Å². The van der Waals surface area contributed by atoms with Gasteiger partial charge in [0.2, 0.25) is 5.95 Å². The van der Waals surface area contributed by atoms with Crippen molar-refractivity contribution in [1.29, 1.82) is 0 Å². The van der Waals surface area contributed by atoms with Crippen molar-refractivity contribution in [1.82, 2.24) is 14.9 Å². The van der Waals surface area contributed by atoms with E-state index in [4.69, 9.17) is 5.73 Å². The fraction of sp³-hybridized carbons (Fsp3) is 0.389. The van der Waals surface area contributed by atoms with Gasteiger partial charge in [-0.15, -0.1) is 0 Å². The summed E-state index contributed by atoms with van der Waals surface area (Å²) in [6.07, 6.45) is -0.0501. The molecule has 0 radical (unpaired) electrons. The molecule has 3 N–H and O–H groups in total. The number of aryl methyl sites for hydroxylation is 1. The van der Waals surface area contributed by atoms with Crippen molar-refractivity contribution in [2.24, 2.45) is 0 Å². The van der Waals surface area contributed by atoms with Crippen molar-refractivity contribution in [3.8, 4) is 11.3 Å². The number of hydrogen-bond acceptors (Lipinski definition) is 7. The number of sulfone groups is 1. The number of carboxylic acid groups (broad SMARTS) is 1. The minimum atomic E-state index is -3.64. The van der Waals surface area contributed by atoms with Crippen molar-refractivity contribution in [2.45, 2.75) is 23.8 Å². The molecular weight excluding hydrogens is 382 g/mol. The minimum Gasteiger partial charge on any atom is -0.465 e. The minimum absolute atomic E-state index is 0.00399. The highest BCUT2D eigenvalue weighted by Crippen LogP contribution is 2.39. The third-order valence-corrected chi connectivity index (χ3v) is 7.14. The van der Waals surface area contributed by atoms with E-state index in [1.807, 2.05) is 24.3 Å². The number of rotatable bonds is 2. The molecule has 10 heteroatoms. The largest absolute Gasteiger partial charge is 0.465 e. The zero-order valence-corrected chi connectivity index (χ0v) is 16.2.